The first-order valence-corrected chi connectivity index (χ1v) is 7.34. The van der Waals surface area contributed by atoms with Crippen molar-refractivity contribution in [2.24, 2.45) is 5.73 Å². The van der Waals surface area contributed by atoms with Crippen molar-refractivity contribution in [2.75, 3.05) is 6.54 Å². The molecular formula is C15H22ClN3. The maximum atomic E-state index is 6.35. The molecule has 3 nitrogen and oxygen atoms in total. The average molecular weight is 280 g/mol. The topological polar surface area (TPSA) is 43.8 Å². The largest absolute Gasteiger partial charge is 0.330 e. The molecule has 104 valence electrons. The van der Waals surface area contributed by atoms with Gasteiger partial charge in [-0.2, -0.15) is 0 Å². The van der Waals surface area contributed by atoms with E-state index < -0.39 is 0 Å². The standard InChI is InChI=1S/C15H22ClN3/c1-4-6-11(9-17)15-18-13-8-5-7-12(16)14(13)19(15)10(2)3/h5,7-8,10-11H,4,6,9,17H2,1-3H3. The number of imidazole rings is 1. The zero-order chi connectivity index (χ0) is 14.0. The quantitative estimate of drug-likeness (QED) is 0.895. The van der Waals surface area contributed by atoms with E-state index >= 15 is 0 Å². The van der Waals surface area contributed by atoms with Gasteiger partial charge in [0.15, 0.2) is 0 Å². The highest BCUT2D eigenvalue weighted by atomic mass is 35.5. The van der Waals surface area contributed by atoms with E-state index in [1.54, 1.807) is 0 Å². The first-order chi connectivity index (χ1) is 9.10. The predicted molar refractivity (Wildman–Crippen MR) is 81.8 cm³/mol. The molecule has 0 saturated carbocycles. The smallest absolute Gasteiger partial charge is 0.114 e. The van der Waals surface area contributed by atoms with Crippen LogP contribution < -0.4 is 5.73 Å². The molecule has 0 aliphatic heterocycles. The first-order valence-electron chi connectivity index (χ1n) is 6.96. The predicted octanol–water partition coefficient (Wildman–Crippen LogP) is 4.11. The number of para-hydroxylation sites is 1. The highest BCUT2D eigenvalue weighted by molar-refractivity contribution is 6.35. The van der Waals surface area contributed by atoms with Crippen LogP contribution in [0.5, 0.6) is 0 Å². The monoisotopic (exact) mass is 279 g/mol. The number of aromatic nitrogens is 2. The third-order valence-electron chi connectivity index (χ3n) is 3.49. The van der Waals surface area contributed by atoms with Crippen LogP contribution in [0.15, 0.2) is 18.2 Å². The van der Waals surface area contributed by atoms with E-state index in [9.17, 15) is 0 Å². The average Bonchev–Trinajstić information content (AvgIpc) is 2.76. The SMILES string of the molecule is CCCC(CN)c1nc2cccc(Cl)c2n1C(C)C. The minimum absolute atomic E-state index is 0.302. The van der Waals surface area contributed by atoms with E-state index in [1.807, 2.05) is 18.2 Å². The Balaban J connectivity index is 2.66. The van der Waals surface area contributed by atoms with E-state index in [0.717, 1.165) is 34.7 Å². The summed E-state index contributed by atoms with van der Waals surface area (Å²) in [7, 11) is 0. The van der Waals surface area contributed by atoms with Gasteiger partial charge in [-0.1, -0.05) is 31.0 Å². The molecule has 2 rings (SSSR count). The second kappa shape index (κ2) is 5.93. The van der Waals surface area contributed by atoms with Gasteiger partial charge in [0.1, 0.15) is 5.82 Å². The van der Waals surface area contributed by atoms with Crippen molar-refractivity contribution in [1.82, 2.24) is 9.55 Å². The Labute approximate surface area is 119 Å². The van der Waals surface area contributed by atoms with E-state index in [1.165, 1.54) is 0 Å². The van der Waals surface area contributed by atoms with Crippen LogP contribution in [-0.4, -0.2) is 16.1 Å². The van der Waals surface area contributed by atoms with Gasteiger partial charge in [-0.15, -0.1) is 0 Å². The fourth-order valence-corrected chi connectivity index (χ4v) is 2.90. The van der Waals surface area contributed by atoms with Gasteiger partial charge in [0.25, 0.3) is 0 Å². The molecule has 0 spiro atoms. The van der Waals surface area contributed by atoms with Gasteiger partial charge in [0.05, 0.1) is 16.1 Å². The van der Waals surface area contributed by atoms with E-state index in [-0.39, 0.29) is 0 Å². The normalized spacial score (nSPS) is 13.4. The van der Waals surface area contributed by atoms with Crippen LogP contribution in [-0.2, 0) is 0 Å². The third-order valence-corrected chi connectivity index (χ3v) is 3.80. The molecule has 19 heavy (non-hydrogen) atoms. The van der Waals surface area contributed by atoms with Gasteiger partial charge in [-0.3, -0.25) is 0 Å². The third kappa shape index (κ3) is 2.63. The van der Waals surface area contributed by atoms with Crippen molar-refractivity contribution < 1.29 is 0 Å². The van der Waals surface area contributed by atoms with Crippen LogP contribution in [0.4, 0.5) is 0 Å². The highest BCUT2D eigenvalue weighted by Gasteiger charge is 2.21. The maximum absolute atomic E-state index is 6.35. The molecule has 0 aliphatic carbocycles. The molecule has 0 bridgehead atoms. The van der Waals surface area contributed by atoms with Crippen LogP contribution in [0.25, 0.3) is 11.0 Å². The van der Waals surface area contributed by atoms with Crippen molar-refractivity contribution in [1.29, 1.82) is 0 Å². The van der Waals surface area contributed by atoms with Crippen LogP contribution in [0.2, 0.25) is 5.02 Å². The Morgan fingerprint density at radius 2 is 2.11 bits per heavy atom. The number of halogens is 1. The molecule has 0 aliphatic rings. The molecule has 0 radical (unpaired) electrons. The Kier molecular flexibility index (Phi) is 4.48. The second-order valence-corrected chi connectivity index (χ2v) is 5.67. The minimum atomic E-state index is 0.302. The lowest BCUT2D eigenvalue weighted by Crippen LogP contribution is -2.18. The van der Waals surface area contributed by atoms with Crippen LogP contribution in [0, 0.1) is 0 Å². The molecule has 0 amide bonds. The molecule has 1 atom stereocenters. The summed E-state index contributed by atoms with van der Waals surface area (Å²) in [5, 5.41) is 0.761. The molecule has 1 aromatic carbocycles. The van der Waals surface area contributed by atoms with Gasteiger partial charge >= 0.3 is 0 Å². The number of rotatable bonds is 5. The van der Waals surface area contributed by atoms with Crippen molar-refractivity contribution in [3.8, 4) is 0 Å². The zero-order valence-corrected chi connectivity index (χ0v) is 12.6. The summed E-state index contributed by atoms with van der Waals surface area (Å²) in [6, 6.07) is 6.21. The Morgan fingerprint density at radius 3 is 2.68 bits per heavy atom. The van der Waals surface area contributed by atoms with Gasteiger partial charge in [0.2, 0.25) is 0 Å². The summed E-state index contributed by atoms with van der Waals surface area (Å²) in [5.74, 6) is 1.37. The number of nitrogens with zero attached hydrogens (tertiary/aromatic N) is 2. The van der Waals surface area contributed by atoms with E-state index in [4.69, 9.17) is 22.3 Å². The molecule has 1 unspecified atom stereocenters. The second-order valence-electron chi connectivity index (χ2n) is 5.26. The molecule has 0 fully saturated rings. The summed E-state index contributed by atoms with van der Waals surface area (Å²) in [6.07, 6.45) is 2.17. The lowest BCUT2D eigenvalue weighted by Gasteiger charge is -2.19. The zero-order valence-electron chi connectivity index (χ0n) is 11.9. The fraction of sp³-hybridized carbons (Fsp3) is 0.533. The maximum Gasteiger partial charge on any atom is 0.114 e. The molecule has 2 N–H and O–H groups in total. The van der Waals surface area contributed by atoms with Crippen LogP contribution >= 0.6 is 11.6 Å². The number of nitrogens with two attached hydrogens (primary N) is 1. The fourth-order valence-electron chi connectivity index (χ4n) is 2.64. The van der Waals surface area contributed by atoms with Gasteiger partial charge < -0.3 is 10.3 Å². The van der Waals surface area contributed by atoms with Crippen LogP contribution in [0.1, 0.15) is 51.4 Å². The van der Waals surface area contributed by atoms with Crippen LogP contribution in [0.3, 0.4) is 0 Å². The first kappa shape index (κ1) is 14.4. The number of fused-ring (bicyclic) bond motifs is 1. The summed E-state index contributed by atoms with van der Waals surface area (Å²) in [4.78, 5) is 4.78. The lowest BCUT2D eigenvalue weighted by atomic mass is 10.0. The number of benzene rings is 1. The summed E-state index contributed by atoms with van der Waals surface area (Å²) >= 11 is 6.35. The van der Waals surface area contributed by atoms with E-state index in [2.05, 4.69) is 25.3 Å². The summed E-state index contributed by atoms with van der Waals surface area (Å²) in [6.45, 7) is 7.13. The molecule has 1 heterocycles. The van der Waals surface area contributed by atoms with Gasteiger partial charge in [-0.25, -0.2) is 4.98 Å². The summed E-state index contributed by atoms with van der Waals surface area (Å²) in [5.41, 5.74) is 7.93. The minimum Gasteiger partial charge on any atom is -0.330 e. The van der Waals surface area contributed by atoms with Gasteiger partial charge in [0, 0.05) is 18.5 Å². The summed E-state index contributed by atoms with van der Waals surface area (Å²) < 4.78 is 2.24. The van der Waals surface area contributed by atoms with Crippen molar-refractivity contribution in [3.63, 3.8) is 0 Å². The molecule has 1 aromatic heterocycles. The Morgan fingerprint density at radius 1 is 1.37 bits per heavy atom. The Bertz CT molecular complexity index is 560. The molecule has 0 saturated heterocycles. The Hall–Kier alpha value is -1.06. The molecule has 2 aromatic rings. The van der Waals surface area contributed by atoms with Gasteiger partial charge in [-0.05, 0) is 32.4 Å². The molecular weight excluding hydrogens is 258 g/mol. The van der Waals surface area contributed by atoms with Crippen molar-refractivity contribution >= 4 is 22.6 Å². The van der Waals surface area contributed by atoms with Crippen molar-refractivity contribution in [3.05, 3.63) is 29.0 Å². The lowest BCUT2D eigenvalue weighted by molar-refractivity contribution is 0.515. The van der Waals surface area contributed by atoms with Crippen molar-refractivity contribution in [2.45, 2.75) is 45.6 Å². The highest BCUT2D eigenvalue weighted by Crippen LogP contribution is 2.31. The number of hydrogen-bond acceptors (Lipinski definition) is 2. The van der Waals surface area contributed by atoms with E-state index in [0.29, 0.717) is 18.5 Å². The number of hydrogen-bond donors (Lipinski definition) is 1. The molecule has 4 heteroatoms.